The number of pyridine rings is 1. The van der Waals surface area contributed by atoms with E-state index in [4.69, 9.17) is 4.74 Å². The Bertz CT molecular complexity index is 675. The van der Waals surface area contributed by atoms with E-state index in [2.05, 4.69) is 5.32 Å². The van der Waals surface area contributed by atoms with Gasteiger partial charge in [0.25, 0.3) is 5.91 Å². The van der Waals surface area contributed by atoms with Gasteiger partial charge in [-0.2, -0.15) is 0 Å². The molecular weight excluding hydrogens is 256 g/mol. The highest BCUT2D eigenvalue weighted by Gasteiger charge is 2.20. The molecule has 20 heavy (non-hydrogen) atoms. The number of hydrogen-bond acceptors (Lipinski definition) is 3. The molecule has 1 N–H and O–H groups in total. The molecule has 0 saturated heterocycles. The summed E-state index contributed by atoms with van der Waals surface area (Å²) in [6.45, 7) is 4.00. The van der Waals surface area contributed by atoms with Crippen molar-refractivity contribution in [2.24, 2.45) is 7.05 Å². The zero-order valence-corrected chi connectivity index (χ0v) is 12.5. The van der Waals surface area contributed by atoms with Gasteiger partial charge in [0.1, 0.15) is 5.56 Å². The molecule has 0 aliphatic heterocycles. The molecule has 0 bridgehead atoms. The number of rotatable bonds is 2. The van der Waals surface area contributed by atoms with Crippen LogP contribution in [0.2, 0.25) is 0 Å². The van der Waals surface area contributed by atoms with Crippen LogP contribution in [0.3, 0.4) is 0 Å². The number of amides is 1. The number of carbonyl (C=O) groups is 1. The third-order valence-corrected chi connectivity index (χ3v) is 2.90. The number of nitrogens with one attached hydrogen (secondary N) is 1. The molecule has 0 fully saturated rings. The van der Waals surface area contributed by atoms with Crippen molar-refractivity contribution in [2.75, 3.05) is 14.2 Å². The minimum atomic E-state index is -0.446. The monoisotopic (exact) mass is 276 g/mol. The Morgan fingerprint density at radius 2 is 1.85 bits per heavy atom. The Kier molecular flexibility index (Phi) is 5.32. The van der Waals surface area contributed by atoms with Gasteiger partial charge in [-0.05, 0) is 12.1 Å². The summed E-state index contributed by atoms with van der Waals surface area (Å²) in [5.41, 5.74) is 0.438. The molecule has 2 aromatic rings. The summed E-state index contributed by atoms with van der Waals surface area (Å²) >= 11 is 0. The first-order valence-electron chi connectivity index (χ1n) is 6.49. The summed E-state index contributed by atoms with van der Waals surface area (Å²) in [6, 6.07) is 7.11. The smallest absolute Gasteiger partial charge is 0.260 e. The van der Waals surface area contributed by atoms with Crippen molar-refractivity contribution in [3.05, 3.63) is 40.1 Å². The maximum Gasteiger partial charge on any atom is 0.260 e. The maximum atomic E-state index is 12.3. The van der Waals surface area contributed by atoms with Crippen molar-refractivity contribution >= 4 is 16.8 Å². The van der Waals surface area contributed by atoms with E-state index in [1.165, 1.54) is 14.2 Å². The highest BCUT2D eigenvalue weighted by molar-refractivity contribution is 5.99. The Balaban J connectivity index is 0.000000956. The van der Waals surface area contributed by atoms with Crippen LogP contribution in [0.5, 0.6) is 5.88 Å². The van der Waals surface area contributed by atoms with Gasteiger partial charge in [-0.1, -0.05) is 26.0 Å². The summed E-state index contributed by atoms with van der Waals surface area (Å²) in [5, 5.41) is 2.96. The van der Waals surface area contributed by atoms with Crippen LogP contribution in [-0.4, -0.2) is 24.6 Å². The summed E-state index contributed by atoms with van der Waals surface area (Å²) in [7, 11) is 4.68. The van der Waals surface area contributed by atoms with Crippen LogP contribution < -0.4 is 15.5 Å². The predicted molar refractivity (Wildman–Crippen MR) is 80.5 cm³/mol. The molecule has 0 atom stereocenters. The summed E-state index contributed by atoms with van der Waals surface area (Å²) in [4.78, 5) is 24.1. The number of fused-ring (bicyclic) bond motifs is 1. The number of para-hydroxylation sites is 1. The highest BCUT2D eigenvalue weighted by atomic mass is 16.5. The second-order valence-corrected chi connectivity index (χ2v) is 3.87. The molecule has 5 heteroatoms. The van der Waals surface area contributed by atoms with Gasteiger partial charge in [-0.15, -0.1) is 0 Å². The van der Waals surface area contributed by atoms with Crippen LogP contribution in [0.1, 0.15) is 24.2 Å². The number of hydrogen-bond donors (Lipinski definition) is 1. The average Bonchev–Trinajstić information content (AvgIpc) is 2.51. The van der Waals surface area contributed by atoms with Gasteiger partial charge in [0, 0.05) is 19.5 Å². The molecule has 1 amide bonds. The summed E-state index contributed by atoms with van der Waals surface area (Å²) in [6.07, 6.45) is 0. The van der Waals surface area contributed by atoms with Gasteiger partial charge in [0.15, 0.2) is 0 Å². The van der Waals surface area contributed by atoms with E-state index in [1.807, 2.05) is 26.0 Å². The molecule has 0 radical (unpaired) electrons. The first-order valence-corrected chi connectivity index (χ1v) is 6.49. The van der Waals surface area contributed by atoms with Crippen molar-refractivity contribution in [3.8, 4) is 5.88 Å². The van der Waals surface area contributed by atoms with Gasteiger partial charge in [0.05, 0.1) is 12.6 Å². The second kappa shape index (κ2) is 6.75. The standard InChI is InChI=1S/C13H14N2O3.C2H6/c1-14-12(17)10-11(16)8-6-4-5-7-9(8)15(2)13(10)18-3;1-2/h4-7H,1-3H3,(H,14,17);1-2H3. The van der Waals surface area contributed by atoms with Crippen LogP contribution in [0.25, 0.3) is 10.9 Å². The molecule has 0 aliphatic carbocycles. The second-order valence-electron chi connectivity index (χ2n) is 3.87. The first kappa shape index (κ1) is 15.8. The van der Waals surface area contributed by atoms with Crippen molar-refractivity contribution < 1.29 is 9.53 Å². The fourth-order valence-corrected chi connectivity index (χ4v) is 2.03. The highest BCUT2D eigenvalue weighted by Crippen LogP contribution is 2.20. The number of nitrogens with zero attached hydrogens (tertiary/aromatic N) is 1. The zero-order valence-electron chi connectivity index (χ0n) is 12.5. The zero-order chi connectivity index (χ0) is 15.3. The normalized spacial score (nSPS) is 9.65. The third kappa shape index (κ3) is 2.52. The number of aromatic nitrogens is 1. The molecule has 108 valence electrons. The van der Waals surface area contributed by atoms with E-state index in [1.54, 1.807) is 23.7 Å². The molecule has 0 aliphatic rings. The van der Waals surface area contributed by atoms with E-state index >= 15 is 0 Å². The number of carbonyl (C=O) groups excluding carboxylic acids is 1. The quantitative estimate of drug-likeness (QED) is 0.911. The van der Waals surface area contributed by atoms with Crippen molar-refractivity contribution in [3.63, 3.8) is 0 Å². The average molecular weight is 276 g/mol. The third-order valence-electron chi connectivity index (χ3n) is 2.90. The first-order chi connectivity index (χ1) is 9.61. The fraction of sp³-hybridized carbons (Fsp3) is 0.333. The predicted octanol–water partition coefficient (Wildman–Crippen LogP) is 1.93. The van der Waals surface area contributed by atoms with E-state index in [9.17, 15) is 9.59 Å². The maximum absolute atomic E-state index is 12.3. The van der Waals surface area contributed by atoms with Gasteiger partial charge in [-0.3, -0.25) is 9.59 Å². The lowest BCUT2D eigenvalue weighted by Crippen LogP contribution is -2.28. The Morgan fingerprint density at radius 3 is 2.40 bits per heavy atom. The van der Waals surface area contributed by atoms with E-state index < -0.39 is 5.91 Å². The molecule has 1 aromatic heterocycles. The van der Waals surface area contributed by atoms with Gasteiger partial charge in [-0.25, -0.2) is 0 Å². The lowest BCUT2D eigenvalue weighted by molar-refractivity contribution is 0.0957. The Hall–Kier alpha value is -2.30. The van der Waals surface area contributed by atoms with Crippen molar-refractivity contribution in [2.45, 2.75) is 13.8 Å². The number of ether oxygens (including phenoxy) is 1. The minimum Gasteiger partial charge on any atom is -0.481 e. The molecule has 0 unspecified atom stereocenters. The SMILES string of the molecule is CC.CNC(=O)c1c(OC)n(C)c2ccccc2c1=O. The fourth-order valence-electron chi connectivity index (χ4n) is 2.03. The van der Waals surface area contributed by atoms with Crippen LogP contribution in [0, 0.1) is 0 Å². The molecule has 1 heterocycles. The van der Waals surface area contributed by atoms with E-state index in [0.717, 1.165) is 5.52 Å². The van der Waals surface area contributed by atoms with Crippen LogP contribution in [0.15, 0.2) is 29.1 Å². The molecular formula is C15H20N2O3. The largest absolute Gasteiger partial charge is 0.481 e. The molecule has 1 aromatic carbocycles. The lowest BCUT2D eigenvalue weighted by atomic mass is 10.1. The van der Waals surface area contributed by atoms with E-state index in [0.29, 0.717) is 5.39 Å². The summed E-state index contributed by atoms with van der Waals surface area (Å²) in [5.74, 6) is -0.184. The molecule has 5 nitrogen and oxygen atoms in total. The topological polar surface area (TPSA) is 60.3 Å². The van der Waals surface area contributed by atoms with Crippen LogP contribution in [0.4, 0.5) is 0 Å². The molecule has 0 saturated carbocycles. The Morgan fingerprint density at radius 1 is 1.25 bits per heavy atom. The van der Waals surface area contributed by atoms with Crippen LogP contribution in [-0.2, 0) is 7.05 Å². The Labute approximate surface area is 118 Å². The van der Waals surface area contributed by atoms with Crippen LogP contribution >= 0.6 is 0 Å². The van der Waals surface area contributed by atoms with E-state index in [-0.39, 0.29) is 16.9 Å². The summed E-state index contributed by atoms with van der Waals surface area (Å²) < 4.78 is 6.89. The van der Waals surface area contributed by atoms with Gasteiger partial charge >= 0.3 is 0 Å². The number of methoxy groups -OCH3 is 1. The number of benzene rings is 1. The lowest BCUT2D eigenvalue weighted by Gasteiger charge is -2.14. The van der Waals surface area contributed by atoms with Gasteiger partial charge in [0.2, 0.25) is 11.3 Å². The molecule has 0 spiro atoms. The minimum absolute atomic E-state index is 0.0289. The van der Waals surface area contributed by atoms with Gasteiger partial charge < -0.3 is 14.6 Å². The molecule has 2 rings (SSSR count). The van der Waals surface area contributed by atoms with Crippen molar-refractivity contribution in [1.29, 1.82) is 0 Å². The van der Waals surface area contributed by atoms with Crippen molar-refractivity contribution in [1.82, 2.24) is 9.88 Å². The number of aryl methyl sites for hydroxylation is 1.